The van der Waals surface area contributed by atoms with E-state index < -0.39 is 10.0 Å². The lowest BCUT2D eigenvalue weighted by molar-refractivity contribution is -0.901. The number of hydrogen-bond donors (Lipinski definition) is 2. The van der Waals surface area contributed by atoms with E-state index in [0.29, 0.717) is 18.7 Å². The van der Waals surface area contributed by atoms with Crippen LogP contribution >= 0.6 is 0 Å². The van der Waals surface area contributed by atoms with E-state index in [4.69, 9.17) is 0 Å². The van der Waals surface area contributed by atoms with Gasteiger partial charge in [-0.05, 0) is 37.1 Å². The maximum absolute atomic E-state index is 12.6. The molecular weight excluding hydrogens is 386 g/mol. The summed E-state index contributed by atoms with van der Waals surface area (Å²) in [4.78, 5) is 14.3. The molecule has 2 atom stereocenters. The Morgan fingerprint density at radius 1 is 1.03 bits per heavy atom. The summed E-state index contributed by atoms with van der Waals surface area (Å²) in [6.07, 6.45) is 2.77. The van der Waals surface area contributed by atoms with Crippen LogP contribution in [0.5, 0.6) is 0 Å². The molecule has 2 aromatic rings. The topological polar surface area (TPSA) is 70.9 Å². The molecule has 2 aromatic carbocycles. The second kappa shape index (κ2) is 8.65. The first-order valence-corrected chi connectivity index (χ1v) is 11.7. The minimum atomic E-state index is -3.44. The van der Waals surface area contributed by atoms with Crippen LogP contribution in [0.25, 0.3) is 0 Å². The maximum Gasteiger partial charge on any atom is 0.251 e. The number of rotatable bonds is 6. The zero-order chi connectivity index (χ0) is 20.3. The molecule has 154 valence electrons. The molecule has 2 fully saturated rings. The summed E-state index contributed by atoms with van der Waals surface area (Å²) in [6.45, 7) is 4.06. The molecule has 0 aliphatic carbocycles. The number of quaternary nitrogens is 1. The van der Waals surface area contributed by atoms with Gasteiger partial charge in [-0.15, -0.1) is 0 Å². The Balaban J connectivity index is 1.33. The molecule has 1 unspecified atom stereocenters. The number of carbonyl (C=O) groups excluding carboxylic acids is 1. The molecule has 2 N–H and O–H groups in total. The highest BCUT2D eigenvalue weighted by molar-refractivity contribution is 7.89. The molecule has 2 heterocycles. The Bertz CT molecular complexity index is 939. The summed E-state index contributed by atoms with van der Waals surface area (Å²) >= 11 is 0. The first-order valence-electron chi connectivity index (χ1n) is 10.3. The minimum Gasteiger partial charge on any atom is -0.343 e. The van der Waals surface area contributed by atoms with E-state index in [-0.39, 0.29) is 16.8 Å². The van der Waals surface area contributed by atoms with Gasteiger partial charge in [0.1, 0.15) is 6.54 Å². The number of nitrogens with one attached hydrogen (secondary N) is 2. The number of nitrogens with zero attached hydrogens (tertiary/aromatic N) is 1. The Morgan fingerprint density at radius 3 is 2.41 bits per heavy atom. The summed E-state index contributed by atoms with van der Waals surface area (Å²) in [5.74, 6) is -0.138. The van der Waals surface area contributed by atoms with E-state index in [1.807, 2.05) is 6.07 Å². The summed E-state index contributed by atoms with van der Waals surface area (Å²) in [5.41, 5.74) is 1.81. The second-order valence-corrected chi connectivity index (χ2v) is 9.90. The van der Waals surface area contributed by atoms with Crippen LogP contribution in [-0.2, 0) is 16.6 Å². The Hall–Kier alpha value is -2.22. The fourth-order valence-electron chi connectivity index (χ4n) is 4.22. The molecule has 0 aromatic heterocycles. The van der Waals surface area contributed by atoms with Crippen LogP contribution in [0.4, 0.5) is 0 Å². The normalized spacial score (nSPS) is 22.6. The number of hydrogen-bond acceptors (Lipinski definition) is 3. The van der Waals surface area contributed by atoms with Crippen molar-refractivity contribution < 1.29 is 18.1 Å². The minimum absolute atomic E-state index is 0.138. The molecule has 0 radical (unpaired) electrons. The second-order valence-electron chi connectivity index (χ2n) is 7.96. The zero-order valence-electron chi connectivity index (χ0n) is 16.5. The maximum atomic E-state index is 12.6. The van der Waals surface area contributed by atoms with Gasteiger partial charge in [0.05, 0.1) is 24.0 Å². The van der Waals surface area contributed by atoms with Gasteiger partial charge in [-0.1, -0.05) is 30.3 Å². The highest BCUT2D eigenvalue weighted by atomic mass is 32.2. The van der Waals surface area contributed by atoms with Gasteiger partial charge in [0, 0.05) is 30.6 Å². The third-order valence-corrected chi connectivity index (χ3v) is 7.75. The van der Waals surface area contributed by atoms with E-state index in [0.717, 1.165) is 38.9 Å². The zero-order valence-corrected chi connectivity index (χ0v) is 17.3. The molecule has 2 aliphatic heterocycles. The predicted molar refractivity (Wildman–Crippen MR) is 111 cm³/mol. The summed E-state index contributed by atoms with van der Waals surface area (Å²) in [6, 6.07) is 16.9. The third-order valence-electron chi connectivity index (χ3n) is 5.83. The van der Waals surface area contributed by atoms with Crippen molar-refractivity contribution in [2.45, 2.75) is 36.7 Å². The number of likely N-dealkylation sites (tertiary alicyclic amines) is 1. The van der Waals surface area contributed by atoms with Gasteiger partial charge in [-0.25, -0.2) is 8.42 Å². The Morgan fingerprint density at radius 2 is 1.72 bits per heavy atom. The highest BCUT2D eigenvalue weighted by Crippen LogP contribution is 2.21. The van der Waals surface area contributed by atoms with E-state index >= 15 is 0 Å². The average Bonchev–Trinajstić information content (AvgIpc) is 3.42. The molecule has 2 saturated heterocycles. The van der Waals surface area contributed by atoms with Gasteiger partial charge in [0.25, 0.3) is 5.91 Å². The molecule has 7 heteroatoms. The lowest BCUT2D eigenvalue weighted by Gasteiger charge is -2.16. The largest absolute Gasteiger partial charge is 0.343 e. The number of sulfonamides is 1. The fraction of sp³-hybridized carbons (Fsp3) is 0.409. The lowest BCUT2D eigenvalue weighted by Crippen LogP contribution is -3.09. The van der Waals surface area contributed by atoms with Crippen LogP contribution in [-0.4, -0.2) is 50.9 Å². The molecule has 0 saturated carbocycles. The van der Waals surface area contributed by atoms with Crippen LogP contribution in [0.3, 0.4) is 0 Å². The third kappa shape index (κ3) is 4.69. The summed E-state index contributed by atoms with van der Waals surface area (Å²) in [7, 11) is -3.44. The van der Waals surface area contributed by atoms with Gasteiger partial charge in [0.15, 0.2) is 0 Å². The predicted octanol–water partition coefficient (Wildman–Crippen LogP) is 1.06. The number of benzene rings is 2. The van der Waals surface area contributed by atoms with Gasteiger partial charge < -0.3 is 10.2 Å². The van der Waals surface area contributed by atoms with E-state index in [2.05, 4.69) is 29.6 Å². The molecular formula is C22H28N3O3S+. The van der Waals surface area contributed by atoms with Gasteiger partial charge in [-0.2, -0.15) is 4.31 Å². The van der Waals surface area contributed by atoms with Crippen molar-refractivity contribution in [2.24, 2.45) is 0 Å². The van der Waals surface area contributed by atoms with Crippen molar-refractivity contribution in [3.8, 4) is 0 Å². The SMILES string of the molecule is O=C(N[C@@H]1CC[NH+](Cc2ccccc2)C1)c1ccc(S(=O)(=O)N2CCCC2)cc1. The van der Waals surface area contributed by atoms with E-state index in [9.17, 15) is 13.2 Å². The summed E-state index contributed by atoms with van der Waals surface area (Å²) in [5, 5.41) is 3.10. The van der Waals surface area contributed by atoms with Gasteiger partial charge in [-0.3, -0.25) is 4.79 Å². The molecule has 6 nitrogen and oxygen atoms in total. The van der Waals surface area contributed by atoms with Gasteiger partial charge in [0.2, 0.25) is 10.0 Å². The standard InChI is InChI=1S/C22H27N3O3S/c26-22(23-20-12-15-24(17-20)16-18-6-2-1-3-7-18)19-8-10-21(11-9-19)29(27,28)25-13-4-5-14-25/h1-3,6-11,20H,4-5,12-17H2,(H,23,26)/p+1/t20-/m1/s1. The Kier molecular flexibility index (Phi) is 5.99. The van der Waals surface area contributed by atoms with Crippen LogP contribution in [0.2, 0.25) is 0 Å². The van der Waals surface area contributed by atoms with Crippen LogP contribution < -0.4 is 10.2 Å². The van der Waals surface area contributed by atoms with E-state index in [1.54, 1.807) is 24.3 Å². The van der Waals surface area contributed by atoms with Crippen molar-refractivity contribution in [2.75, 3.05) is 26.2 Å². The first kappa shape index (κ1) is 20.1. The monoisotopic (exact) mass is 414 g/mol. The fourth-order valence-corrected chi connectivity index (χ4v) is 5.74. The average molecular weight is 415 g/mol. The van der Waals surface area contributed by atoms with Crippen molar-refractivity contribution in [1.29, 1.82) is 0 Å². The van der Waals surface area contributed by atoms with Crippen LogP contribution in [0, 0.1) is 0 Å². The molecule has 0 bridgehead atoms. The summed E-state index contributed by atoms with van der Waals surface area (Å²) < 4.78 is 26.7. The number of amides is 1. The van der Waals surface area contributed by atoms with Crippen LogP contribution in [0.1, 0.15) is 35.2 Å². The van der Waals surface area contributed by atoms with Crippen LogP contribution in [0.15, 0.2) is 59.5 Å². The van der Waals surface area contributed by atoms with E-state index in [1.165, 1.54) is 14.8 Å². The molecule has 0 spiro atoms. The van der Waals surface area contributed by atoms with Crippen molar-refractivity contribution >= 4 is 15.9 Å². The molecule has 29 heavy (non-hydrogen) atoms. The smallest absolute Gasteiger partial charge is 0.251 e. The molecule has 1 amide bonds. The first-order chi connectivity index (χ1) is 14.0. The van der Waals surface area contributed by atoms with Crippen molar-refractivity contribution in [3.63, 3.8) is 0 Å². The van der Waals surface area contributed by atoms with Gasteiger partial charge >= 0.3 is 0 Å². The lowest BCUT2D eigenvalue weighted by atomic mass is 10.2. The van der Waals surface area contributed by atoms with Crippen molar-refractivity contribution in [1.82, 2.24) is 9.62 Å². The highest BCUT2D eigenvalue weighted by Gasteiger charge is 2.29. The Labute approximate surface area is 172 Å². The molecule has 4 rings (SSSR count). The van der Waals surface area contributed by atoms with Crippen molar-refractivity contribution in [3.05, 3.63) is 65.7 Å². The quantitative estimate of drug-likeness (QED) is 0.743. The molecule has 2 aliphatic rings. The number of carbonyl (C=O) groups is 1.